The number of rotatable bonds is 7. The van der Waals surface area contributed by atoms with Gasteiger partial charge in [0, 0.05) is 13.0 Å². The van der Waals surface area contributed by atoms with E-state index >= 15 is 0 Å². The number of hydrogen-bond donors (Lipinski definition) is 2. The summed E-state index contributed by atoms with van der Waals surface area (Å²) in [7, 11) is 0. The van der Waals surface area contributed by atoms with E-state index in [1.54, 1.807) is 24.3 Å². The monoisotopic (exact) mass is 325 g/mol. The third kappa shape index (κ3) is 4.69. The van der Waals surface area contributed by atoms with Crippen molar-refractivity contribution in [2.24, 2.45) is 0 Å². The van der Waals surface area contributed by atoms with E-state index in [1.807, 2.05) is 44.2 Å². The van der Waals surface area contributed by atoms with Crippen LogP contribution in [-0.4, -0.2) is 23.5 Å². The molecule has 1 amide bonds. The van der Waals surface area contributed by atoms with E-state index in [1.165, 1.54) is 0 Å². The number of carbonyl (C=O) groups is 2. The summed E-state index contributed by atoms with van der Waals surface area (Å²) in [6.07, 6.45) is 0.339. The lowest BCUT2D eigenvalue weighted by molar-refractivity contribution is -0.138. The first-order valence-corrected chi connectivity index (χ1v) is 8.09. The quantitative estimate of drug-likeness (QED) is 0.819. The van der Waals surface area contributed by atoms with Gasteiger partial charge in [0.05, 0.1) is 5.92 Å². The zero-order valence-corrected chi connectivity index (χ0v) is 14.0. The van der Waals surface area contributed by atoms with Crippen LogP contribution >= 0.6 is 0 Å². The normalized spacial score (nSPS) is 13.1. The van der Waals surface area contributed by atoms with E-state index in [2.05, 4.69) is 5.32 Å². The largest absolute Gasteiger partial charge is 0.481 e. The van der Waals surface area contributed by atoms with Gasteiger partial charge in [-0.1, -0.05) is 61.5 Å². The van der Waals surface area contributed by atoms with Crippen LogP contribution in [0.2, 0.25) is 0 Å². The van der Waals surface area contributed by atoms with Crippen LogP contribution in [0.25, 0.3) is 0 Å². The number of benzene rings is 2. The van der Waals surface area contributed by atoms with Gasteiger partial charge in [0.15, 0.2) is 0 Å². The van der Waals surface area contributed by atoms with Crippen LogP contribution in [0.3, 0.4) is 0 Å². The first-order chi connectivity index (χ1) is 11.5. The number of aryl methyl sites for hydroxylation is 1. The number of aliphatic carboxylic acids is 1. The summed E-state index contributed by atoms with van der Waals surface area (Å²) < 4.78 is 0. The minimum Gasteiger partial charge on any atom is -0.481 e. The van der Waals surface area contributed by atoms with Crippen LogP contribution in [0.5, 0.6) is 0 Å². The number of carboxylic acid groups (broad SMARTS) is 1. The van der Waals surface area contributed by atoms with Gasteiger partial charge in [0.2, 0.25) is 5.91 Å². The Kier molecular flexibility index (Phi) is 6.13. The molecule has 0 aliphatic carbocycles. The van der Waals surface area contributed by atoms with E-state index < -0.39 is 11.9 Å². The molecular weight excluding hydrogens is 302 g/mol. The minimum atomic E-state index is -0.937. The molecule has 2 aromatic carbocycles. The first kappa shape index (κ1) is 17.7. The lowest BCUT2D eigenvalue weighted by Crippen LogP contribution is -2.32. The standard InChI is InChI=1S/C20H23NO3/c1-14-8-6-7-11-17(14)15(2)12-19(22)21-13-18(20(23)24)16-9-4-3-5-10-16/h3-11,15,18H,12-13H2,1-2H3,(H,21,22)(H,23,24). The van der Waals surface area contributed by atoms with E-state index in [-0.39, 0.29) is 18.4 Å². The summed E-state index contributed by atoms with van der Waals surface area (Å²) >= 11 is 0. The molecule has 4 nitrogen and oxygen atoms in total. The smallest absolute Gasteiger partial charge is 0.312 e. The fourth-order valence-electron chi connectivity index (χ4n) is 2.85. The van der Waals surface area contributed by atoms with Crippen molar-refractivity contribution < 1.29 is 14.7 Å². The van der Waals surface area contributed by atoms with Crippen molar-refractivity contribution in [2.75, 3.05) is 6.54 Å². The summed E-state index contributed by atoms with van der Waals surface area (Å²) in [6.45, 7) is 4.13. The Morgan fingerprint density at radius 3 is 2.29 bits per heavy atom. The Morgan fingerprint density at radius 2 is 1.67 bits per heavy atom. The number of nitrogens with one attached hydrogen (secondary N) is 1. The van der Waals surface area contributed by atoms with Crippen molar-refractivity contribution in [3.63, 3.8) is 0 Å². The van der Waals surface area contributed by atoms with Gasteiger partial charge < -0.3 is 10.4 Å². The van der Waals surface area contributed by atoms with Gasteiger partial charge in [-0.05, 0) is 29.5 Å². The van der Waals surface area contributed by atoms with Gasteiger partial charge in [-0.25, -0.2) is 0 Å². The van der Waals surface area contributed by atoms with Crippen molar-refractivity contribution in [3.8, 4) is 0 Å². The molecule has 0 spiro atoms. The van der Waals surface area contributed by atoms with Crippen molar-refractivity contribution in [2.45, 2.75) is 32.1 Å². The summed E-state index contributed by atoms with van der Waals surface area (Å²) in [5.74, 6) is -1.71. The number of amides is 1. The maximum atomic E-state index is 12.2. The maximum Gasteiger partial charge on any atom is 0.312 e. The highest BCUT2D eigenvalue weighted by Crippen LogP contribution is 2.22. The fourth-order valence-corrected chi connectivity index (χ4v) is 2.85. The third-order valence-corrected chi connectivity index (χ3v) is 4.21. The average molecular weight is 325 g/mol. The molecule has 2 aromatic rings. The Morgan fingerprint density at radius 1 is 1.04 bits per heavy atom. The van der Waals surface area contributed by atoms with Crippen molar-refractivity contribution in [3.05, 3.63) is 71.3 Å². The molecule has 0 aliphatic heterocycles. The summed E-state index contributed by atoms with van der Waals surface area (Å²) in [4.78, 5) is 23.6. The highest BCUT2D eigenvalue weighted by molar-refractivity contribution is 5.80. The molecule has 4 heteroatoms. The van der Waals surface area contributed by atoms with Crippen LogP contribution in [0.15, 0.2) is 54.6 Å². The Balaban J connectivity index is 1.94. The molecule has 0 heterocycles. The molecule has 0 aliphatic rings. The Labute approximate surface area is 142 Å². The molecule has 126 valence electrons. The molecule has 0 fully saturated rings. The molecule has 2 unspecified atom stereocenters. The molecule has 24 heavy (non-hydrogen) atoms. The second kappa shape index (κ2) is 8.29. The molecule has 0 bridgehead atoms. The van der Waals surface area contributed by atoms with E-state index in [9.17, 15) is 14.7 Å². The summed E-state index contributed by atoms with van der Waals surface area (Å²) in [5, 5.41) is 12.1. The van der Waals surface area contributed by atoms with E-state index in [0.29, 0.717) is 12.0 Å². The molecular formula is C20H23NO3. The van der Waals surface area contributed by atoms with Gasteiger partial charge in [0.1, 0.15) is 0 Å². The SMILES string of the molecule is Cc1ccccc1C(C)CC(=O)NCC(C(=O)O)c1ccccc1. The predicted molar refractivity (Wildman–Crippen MR) is 94.0 cm³/mol. The van der Waals surface area contributed by atoms with Gasteiger partial charge >= 0.3 is 5.97 Å². The highest BCUT2D eigenvalue weighted by Gasteiger charge is 2.21. The van der Waals surface area contributed by atoms with E-state index in [4.69, 9.17) is 0 Å². The van der Waals surface area contributed by atoms with Crippen molar-refractivity contribution in [1.29, 1.82) is 0 Å². The molecule has 0 radical (unpaired) electrons. The summed E-state index contributed by atoms with van der Waals surface area (Å²) in [5.41, 5.74) is 2.99. The Hall–Kier alpha value is -2.62. The van der Waals surface area contributed by atoms with Crippen LogP contribution < -0.4 is 5.32 Å². The average Bonchev–Trinajstić information content (AvgIpc) is 2.56. The van der Waals surface area contributed by atoms with Gasteiger partial charge in [-0.3, -0.25) is 9.59 Å². The van der Waals surface area contributed by atoms with Crippen LogP contribution in [0, 0.1) is 6.92 Å². The van der Waals surface area contributed by atoms with Gasteiger partial charge in [-0.15, -0.1) is 0 Å². The zero-order chi connectivity index (χ0) is 17.5. The predicted octanol–water partition coefficient (Wildman–Crippen LogP) is 3.47. The maximum absolute atomic E-state index is 12.2. The lowest BCUT2D eigenvalue weighted by Gasteiger charge is -2.17. The lowest BCUT2D eigenvalue weighted by atomic mass is 9.93. The summed E-state index contributed by atoms with van der Waals surface area (Å²) in [6, 6.07) is 17.0. The van der Waals surface area contributed by atoms with Crippen LogP contribution in [-0.2, 0) is 9.59 Å². The van der Waals surface area contributed by atoms with Crippen molar-refractivity contribution in [1.82, 2.24) is 5.32 Å². The second-order valence-electron chi connectivity index (χ2n) is 6.07. The third-order valence-electron chi connectivity index (χ3n) is 4.21. The molecule has 2 N–H and O–H groups in total. The zero-order valence-electron chi connectivity index (χ0n) is 14.0. The van der Waals surface area contributed by atoms with Crippen LogP contribution in [0.1, 0.15) is 41.9 Å². The van der Waals surface area contributed by atoms with Gasteiger partial charge in [-0.2, -0.15) is 0 Å². The van der Waals surface area contributed by atoms with E-state index in [0.717, 1.165) is 11.1 Å². The number of hydrogen-bond acceptors (Lipinski definition) is 2. The number of carboxylic acids is 1. The van der Waals surface area contributed by atoms with Gasteiger partial charge in [0.25, 0.3) is 0 Å². The number of carbonyl (C=O) groups excluding carboxylic acids is 1. The molecule has 2 atom stereocenters. The second-order valence-corrected chi connectivity index (χ2v) is 6.07. The minimum absolute atomic E-state index is 0.0891. The fraction of sp³-hybridized carbons (Fsp3) is 0.300. The molecule has 0 saturated carbocycles. The molecule has 0 aromatic heterocycles. The Bertz CT molecular complexity index is 697. The first-order valence-electron chi connectivity index (χ1n) is 8.09. The van der Waals surface area contributed by atoms with Crippen molar-refractivity contribution >= 4 is 11.9 Å². The molecule has 2 rings (SSSR count). The molecule has 0 saturated heterocycles. The van der Waals surface area contributed by atoms with Crippen LogP contribution in [0.4, 0.5) is 0 Å². The topological polar surface area (TPSA) is 66.4 Å². The highest BCUT2D eigenvalue weighted by atomic mass is 16.4.